The molecule has 0 aliphatic carbocycles. The van der Waals surface area contributed by atoms with Crippen LogP contribution in [0.4, 0.5) is 0 Å². The van der Waals surface area contributed by atoms with E-state index in [4.69, 9.17) is 21.4 Å². The lowest BCUT2D eigenvalue weighted by molar-refractivity contribution is -0.137. The lowest BCUT2D eigenvalue weighted by Gasteiger charge is -2.09. The first-order valence-corrected chi connectivity index (χ1v) is 7.24. The van der Waals surface area contributed by atoms with Crippen LogP contribution in [0.25, 0.3) is 0 Å². The molecular weight excluding hydrogens is 294 g/mol. The summed E-state index contributed by atoms with van der Waals surface area (Å²) in [5.41, 5.74) is 0.879. The molecule has 0 atom stereocenters. The molecule has 2 N–H and O–H groups in total. The maximum Gasteiger partial charge on any atom is 0.303 e. The summed E-state index contributed by atoms with van der Waals surface area (Å²) < 4.78 is 5.41. The number of hydrogen-bond donors (Lipinski definition) is 2. The van der Waals surface area contributed by atoms with E-state index >= 15 is 0 Å². The second kappa shape index (κ2) is 9.23. The van der Waals surface area contributed by atoms with Crippen molar-refractivity contribution in [2.75, 3.05) is 13.2 Å². The van der Waals surface area contributed by atoms with Gasteiger partial charge in [-0.15, -0.1) is 0 Å². The van der Waals surface area contributed by atoms with Crippen molar-refractivity contribution >= 4 is 23.5 Å². The van der Waals surface area contributed by atoms with Crippen LogP contribution >= 0.6 is 11.6 Å². The quantitative estimate of drug-likeness (QED) is 0.687. The van der Waals surface area contributed by atoms with Gasteiger partial charge in [0.2, 0.25) is 0 Å². The van der Waals surface area contributed by atoms with Crippen molar-refractivity contribution in [2.24, 2.45) is 0 Å². The van der Waals surface area contributed by atoms with Gasteiger partial charge in [0.1, 0.15) is 5.75 Å². The van der Waals surface area contributed by atoms with Gasteiger partial charge in [-0.25, -0.2) is 0 Å². The normalized spacial score (nSPS) is 10.2. The zero-order valence-electron chi connectivity index (χ0n) is 12.0. The number of amides is 1. The predicted molar refractivity (Wildman–Crippen MR) is 80.8 cm³/mol. The molecule has 0 bridgehead atoms. The molecule has 6 heteroatoms. The number of ether oxygens (including phenoxy) is 1. The first-order valence-electron chi connectivity index (χ1n) is 6.86. The Labute approximate surface area is 129 Å². The fourth-order valence-corrected chi connectivity index (χ4v) is 2.00. The van der Waals surface area contributed by atoms with Crippen LogP contribution in [0.1, 0.15) is 31.2 Å². The van der Waals surface area contributed by atoms with E-state index in [1.54, 1.807) is 18.2 Å². The van der Waals surface area contributed by atoms with Crippen LogP contribution in [0.15, 0.2) is 18.2 Å². The molecule has 0 aliphatic heterocycles. The topological polar surface area (TPSA) is 75.6 Å². The molecule has 1 aromatic rings. The van der Waals surface area contributed by atoms with Gasteiger partial charge >= 0.3 is 5.97 Å². The van der Waals surface area contributed by atoms with E-state index in [1.165, 1.54) is 0 Å². The van der Waals surface area contributed by atoms with E-state index in [9.17, 15) is 9.59 Å². The summed E-state index contributed by atoms with van der Waals surface area (Å²) in [5.74, 6) is -0.343. The minimum absolute atomic E-state index is 0.0440. The third-order valence-electron chi connectivity index (χ3n) is 2.89. The van der Waals surface area contributed by atoms with Gasteiger partial charge < -0.3 is 15.2 Å². The molecule has 0 radical (unpaired) electrons. The van der Waals surface area contributed by atoms with Crippen molar-refractivity contribution < 1.29 is 19.4 Å². The molecule has 0 aromatic heterocycles. The summed E-state index contributed by atoms with van der Waals surface area (Å²) in [4.78, 5) is 21.9. The van der Waals surface area contributed by atoms with E-state index in [0.717, 1.165) is 18.4 Å². The molecule has 0 saturated carbocycles. The SMILES string of the molecule is Cc1cc(Cl)ccc1OCC(=O)NCCCCCC(=O)O. The molecule has 1 rings (SSSR count). The molecule has 116 valence electrons. The summed E-state index contributed by atoms with van der Waals surface area (Å²) in [6, 6.07) is 5.22. The Morgan fingerprint density at radius 2 is 2.05 bits per heavy atom. The third-order valence-corrected chi connectivity index (χ3v) is 3.12. The zero-order chi connectivity index (χ0) is 15.7. The fourth-order valence-electron chi connectivity index (χ4n) is 1.77. The van der Waals surface area contributed by atoms with Crippen LogP contribution in [0.2, 0.25) is 5.02 Å². The molecule has 0 spiro atoms. The number of rotatable bonds is 9. The third kappa shape index (κ3) is 7.56. The molecular formula is C15H20ClNO4. The first kappa shape index (κ1) is 17.3. The Hall–Kier alpha value is -1.75. The zero-order valence-corrected chi connectivity index (χ0v) is 12.8. The van der Waals surface area contributed by atoms with Gasteiger partial charge in [-0.1, -0.05) is 18.0 Å². The second-order valence-electron chi connectivity index (χ2n) is 4.75. The number of carbonyl (C=O) groups is 2. The van der Waals surface area contributed by atoms with Gasteiger partial charge in [0.05, 0.1) is 0 Å². The number of carboxylic acid groups (broad SMARTS) is 1. The highest BCUT2D eigenvalue weighted by molar-refractivity contribution is 6.30. The number of hydrogen-bond acceptors (Lipinski definition) is 3. The molecule has 0 aliphatic rings. The maximum atomic E-state index is 11.6. The minimum Gasteiger partial charge on any atom is -0.484 e. The Morgan fingerprint density at radius 1 is 1.29 bits per heavy atom. The minimum atomic E-state index is -0.786. The van der Waals surface area contributed by atoms with Crippen molar-refractivity contribution in [1.82, 2.24) is 5.32 Å². The second-order valence-corrected chi connectivity index (χ2v) is 5.19. The number of halogens is 1. The van der Waals surface area contributed by atoms with Gasteiger partial charge in [-0.2, -0.15) is 0 Å². The number of nitrogens with one attached hydrogen (secondary N) is 1. The first-order chi connectivity index (χ1) is 9.99. The average molecular weight is 314 g/mol. The molecule has 0 heterocycles. The largest absolute Gasteiger partial charge is 0.484 e. The number of aryl methyl sites for hydroxylation is 1. The van der Waals surface area contributed by atoms with Gasteiger partial charge in [0.25, 0.3) is 5.91 Å². The van der Waals surface area contributed by atoms with Crippen LogP contribution in [0, 0.1) is 6.92 Å². The van der Waals surface area contributed by atoms with Crippen LogP contribution < -0.4 is 10.1 Å². The Bertz CT molecular complexity index is 491. The Morgan fingerprint density at radius 3 is 2.71 bits per heavy atom. The molecule has 0 saturated heterocycles. The lowest BCUT2D eigenvalue weighted by atomic mass is 10.2. The van der Waals surface area contributed by atoms with Crippen molar-refractivity contribution in [3.05, 3.63) is 28.8 Å². The lowest BCUT2D eigenvalue weighted by Crippen LogP contribution is -2.29. The molecule has 1 aromatic carbocycles. The van der Waals surface area contributed by atoms with Crippen LogP contribution in [0.5, 0.6) is 5.75 Å². The van der Waals surface area contributed by atoms with Gasteiger partial charge in [-0.3, -0.25) is 9.59 Å². The molecule has 1 amide bonds. The van der Waals surface area contributed by atoms with Crippen LogP contribution in [-0.4, -0.2) is 30.1 Å². The molecule has 0 unspecified atom stereocenters. The van der Waals surface area contributed by atoms with Crippen LogP contribution in [-0.2, 0) is 9.59 Å². The molecule has 0 fully saturated rings. The summed E-state index contributed by atoms with van der Waals surface area (Å²) in [6.07, 6.45) is 2.35. The monoisotopic (exact) mass is 313 g/mol. The smallest absolute Gasteiger partial charge is 0.303 e. The molecule has 21 heavy (non-hydrogen) atoms. The van der Waals surface area contributed by atoms with Crippen molar-refractivity contribution in [3.8, 4) is 5.75 Å². The standard InChI is InChI=1S/C15H20ClNO4/c1-11-9-12(16)6-7-13(11)21-10-14(18)17-8-4-2-3-5-15(19)20/h6-7,9H,2-5,8,10H2,1H3,(H,17,18)(H,19,20). The number of carboxylic acids is 1. The summed E-state index contributed by atoms with van der Waals surface area (Å²) in [6.45, 7) is 2.35. The maximum absolute atomic E-state index is 11.6. The average Bonchev–Trinajstić information content (AvgIpc) is 2.41. The summed E-state index contributed by atoms with van der Waals surface area (Å²) >= 11 is 5.84. The highest BCUT2D eigenvalue weighted by Crippen LogP contribution is 2.21. The van der Waals surface area contributed by atoms with Gasteiger partial charge in [0.15, 0.2) is 6.61 Å². The van der Waals surface area contributed by atoms with E-state index in [1.807, 2.05) is 6.92 Å². The van der Waals surface area contributed by atoms with Gasteiger partial charge in [-0.05, 0) is 43.5 Å². The van der Waals surface area contributed by atoms with Crippen molar-refractivity contribution in [3.63, 3.8) is 0 Å². The number of unbranched alkanes of at least 4 members (excludes halogenated alkanes) is 2. The van der Waals surface area contributed by atoms with E-state index in [-0.39, 0.29) is 18.9 Å². The molecule has 5 nitrogen and oxygen atoms in total. The number of carbonyl (C=O) groups excluding carboxylic acids is 1. The van der Waals surface area contributed by atoms with Crippen molar-refractivity contribution in [2.45, 2.75) is 32.6 Å². The van der Waals surface area contributed by atoms with Gasteiger partial charge in [0, 0.05) is 18.0 Å². The highest BCUT2D eigenvalue weighted by atomic mass is 35.5. The summed E-state index contributed by atoms with van der Waals surface area (Å²) in [5, 5.41) is 11.8. The van der Waals surface area contributed by atoms with E-state index < -0.39 is 5.97 Å². The Balaban J connectivity index is 2.15. The van der Waals surface area contributed by atoms with Crippen molar-refractivity contribution in [1.29, 1.82) is 0 Å². The Kier molecular flexibility index (Phi) is 7.61. The number of aliphatic carboxylic acids is 1. The van der Waals surface area contributed by atoms with E-state index in [2.05, 4.69) is 5.32 Å². The summed E-state index contributed by atoms with van der Waals surface area (Å²) in [7, 11) is 0. The highest BCUT2D eigenvalue weighted by Gasteiger charge is 2.05. The number of benzene rings is 1. The fraction of sp³-hybridized carbons (Fsp3) is 0.467. The predicted octanol–water partition coefficient (Wildman–Crippen LogP) is 2.79. The van der Waals surface area contributed by atoms with E-state index in [0.29, 0.717) is 23.7 Å². The van der Waals surface area contributed by atoms with Crippen LogP contribution in [0.3, 0.4) is 0 Å².